The quantitative estimate of drug-likeness (QED) is 0.930. The largest absolute Gasteiger partial charge is 0.311 e. The van der Waals surface area contributed by atoms with Crippen molar-refractivity contribution in [1.29, 1.82) is 0 Å². The first-order chi connectivity index (χ1) is 11.0. The molecule has 4 heteroatoms. The lowest BCUT2D eigenvalue weighted by Gasteiger charge is -2.13. The Kier molecular flexibility index (Phi) is 4.42. The minimum absolute atomic E-state index is 0.0273. The van der Waals surface area contributed by atoms with Gasteiger partial charge < -0.3 is 5.32 Å². The molecule has 1 aromatic carbocycles. The highest BCUT2D eigenvalue weighted by molar-refractivity contribution is 5.90. The topological polar surface area (TPSA) is 54.9 Å². The van der Waals surface area contributed by atoms with Crippen molar-refractivity contribution in [1.82, 2.24) is 9.97 Å². The van der Waals surface area contributed by atoms with Gasteiger partial charge in [-0.2, -0.15) is 0 Å². The van der Waals surface area contributed by atoms with Crippen LogP contribution in [0.2, 0.25) is 0 Å². The zero-order chi connectivity index (χ0) is 16.4. The number of aromatic nitrogens is 2. The highest BCUT2D eigenvalue weighted by atomic mass is 16.1. The number of fused-ring (bicyclic) bond motifs is 1. The lowest BCUT2D eigenvalue weighted by Crippen LogP contribution is -2.16. The van der Waals surface area contributed by atoms with Crippen LogP contribution >= 0.6 is 0 Å². The second-order valence-electron chi connectivity index (χ2n) is 6.59. The van der Waals surface area contributed by atoms with Crippen LogP contribution in [-0.4, -0.2) is 15.9 Å². The summed E-state index contributed by atoms with van der Waals surface area (Å²) >= 11 is 0. The van der Waals surface area contributed by atoms with Gasteiger partial charge in [0.05, 0.1) is 0 Å². The van der Waals surface area contributed by atoms with Crippen LogP contribution in [-0.2, 0) is 11.2 Å². The average Bonchev–Trinajstić information content (AvgIpc) is 2.90. The van der Waals surface area contributed by atoms with Gasteiger partial charge in [-0.05, 0) is 36.8 Å². The van der Waals surface area contributed by atoms with Crippen molar-refractivity contribution in [3.63, 3.8) is 0 Å². The van der Waals surface area contributed by atoms with Gasteiger partial charge in [-0.3, -0.25) is 4.79 Å². The smallest absolute Gasteiger partial charge is 0.226 e. The summed E-state index contributed by atoms with van der Waals surface area (Å²) in [7, 11) is 0. The number of hydrogen-bond acceptors (Lipinski definition) is 3. The number of carbonyl (C=O) groups excluding carboxylic acids is 1. The lowest BCUT2D eigenvalue weighted by atomic mass is 9.97. The number of amides is 1. The summed E-state index contributed by atoms with van der Waals surface area (Å²) in [5.74, 6) is 1.97. The number of benzene rings is 1. The normalized spacial score (nSPS) is 16.4. The molecule has 1 atom stereocenters. The van der Waals surface area contributed by atoms with Gasteiger partial charge >= 0.3 is 0 Å². The zero-order valence-corrected chi connectivity index (χ0v) is 14.0. The van der Waals surface area contributed by atoms with Crippen LogP contribution in [0.15, 0.2) is 30.3 Å². The van der Waals surface area contributed by atoms with Crippen molar-refractivity contribution < 1.29 is 4.79 Å². The maximum absolute atomic E-state index is 12.4. The predicted octanol–water partition coefficient (Wildman–Crippen LogP) is 3.97. The second kappa shape index (κ2) is 6.49. The maximum atomic E-state index is 12.4. The van der Waals surface area contributed by atoms with Crippen molar-refractivity contribution in [2.24, 2.45) is 0 Å². The van der Waals surface area contributed by atoms with Crippen LogP contribution in [0.3, 0.4) is 0 Å². The Balaban J connectivity index is 1.69. The third-order valence-electron chi connectivity index (χ3n) is 4.34. The molecule has 4 nitrogen and oxygen atoms in total. The predicted molar refractivity (Wildman–Crippen MR) is 91.6 cm³/mol. The van der Waals surface area contributed by atoms with E-state index >= 15 is 0 Å². The SMILES string of the molecule is Cc1cc(NC(=O)CC2CCc3ccccc32)nc(C(C)C)n1. The summed E-state index contributed by atoms with van der Waals surface area (Å²) in [6, 6.07) is 10.3. The Morgan fingerprint density at radius 3 is 2.87 bits per heavy atom. The van der Waals surface area contributed by atoms with Crippen molar-refractivity contribution >= 4 is 11.7 Å². The molecule has 120 valence electrons. The number of nitrogens with zero attached hydrogens (tertiary/aromatic N) is 2. The number of rotatable bonds is 4. The van der Waals surface area contributed by atoms with E-state index in [1.807, 2.05) is 13.0 Å². The summed E-state index contributed by atoms with van der Waals surface area (Å²) in [5, 5.41) is 2.95. The molecular weight excluding hydrogens is 286 g/mol. The average molecular weight is 309 g/mol. The van der Waals surface area contributed by atoms with Gasteiger partial charge in [0, 0.05) is 24.1 Å². The van der Waals surface area contributed by atoms with Crippen LogP contribution in [0, 0.1) is 6.92 Å². The van der Waals surface area contributed by atoms with E-state index in [4.69, 9.17) is 0 Å². The molecule has 0 radical (unpaired) electrons. The Hall–Kier alpha value is -2.23. The zero-order valence-electron chi connectivity index (χ0n) is 14.0. The first-order valence-corrected chi connectivity index (χ1v) is 8.26. The highest BCUT2D eigenvalue weighted by Gasteiger charge is 2.24. The fourth-order valence-corrected chi connectivity index (χ4v) is 3.19. The molecule has 1 unspecified atom stereocenters. The molecule has 2 aromatic rings. The van der Waals surface area contributed by atoms with Crippen LogP contribution in [0.25, 0.3) is 0 Å². The van der Waals surface area contributed by atoms with Gasteiger partial charge in [-0.15, -0.1) is 0 Å². The van der Waals surface area contributed by atoms with Gasteiger partial charge in [0.2, 0.25) is 5.91 Å². The van der Waals surface area contributed by atoms with Crippen molar-refractivity contribution in [2.75, 3.05) is 5.32 Å². The molecule has 0 saturated heterocycles. The molecule has 1 heterocycles. The molecule has 0 spiro atoms. The van der Waals surface area contributed by atoms with E-state index in [9.17, 15) is 4.79 Å². The van der Waals surface area contributed by atoms with Crippen molar-refractivity contribution in [3.05, 3.63) is 53.0 Å². The van der Waals surface area contributed by atoms with Gasteiger partial charge in [-0.25, -0.2) is 9.97 Å². The number of nitrogens with one attached hydrogen (secondary N) is 1. The Morgan fingerprint density at radius 2 is 2.09 bits per heavy atom. The Labute approximate surface area is 137 Å². The summed E-state index contributed by atoms with van der Waals surface area (Å²) in [6.07, 6.45) is 2.63. The molecular formula is C19H23N3O. The Bertz CT molecular complexity index is 724. The fraction of sp³-hybridized carbons (Fsp3) is 0.421. The number of hydrogen-bond donors (Lipinski definition) is 1. The number of anilines is 1. The maximum Gasteiger partial charge on any atom is 0.226 e. The summed E-state index contributed by atoms with van der Waals surface area (Å²) in [4.78, 5) is 21.3. The van der Waals surface area contributed by atoms with Crippen LogP contribution in [0.1, 0.15) is 61.2 Å². The van der Waals surface area contributed by atoms with Crippen molar-refractivity contribution in [2.45, 2.75) is 51.9 Å². The van der Waals surface area contributed by atoms with Gasteiger partial charge in [0.1, 0.15) is 11.6 Å². The standard InChI is InChI=1S/C19H23N3O/c1-12(2)19-20-13(3)10-17(22-19)21-18(23)11-15-9-8-14-6-4-5-7-16(14)15/h4-7,10,12,15H,8-9,11H2,1-3H3,(H,20,21,22,23). The lowest BCUT2D eigenvalue weighted by molar-refractivity contribution is -0.116. The van der Waals surface area contributed by atoms with Crippen LogP contribution in [0.5, 0.6) is 0 Å². The third kappa shape index (κ3) is 3.58. The molecule has 0 saturated carbocycles. The number of carbonyl (C=O) groups is 1. The minimum Gasteiger partial charge on any atom is -0.311 e. The molecule has 1 aliphatic carbocycles. The molecule has 0 aliphatic heterocycles. The molecule has 1 aromatic heterocycles. The van der Waals surface area contributed by atoms with Gasteiger partial charge in [-0.1, -0.05) is 38.1 Å². The van der Waals surface area contributed by atoms with E-state index in [0.717, 1.165) is 24.4 Å². The summed E-state index contributed by atoms with van der Waals surface area (Å²) < 4.78 is 0. The van der Waals surface area contributed by atoms with E-state index in [1.165, 1.54) is 11.1 Å². The van der Waals surface area contributed by atoms with Gasteiger partial charge in [0.25, 0.3) is 0 Å². The molecule has 0 fully saturated rings. The number of aryl methyl sites for hydroxylation is 2. The first kappa shape index (κ1) is 15.7. The molecule has 3 rings (SSSR count). The monoisotopic (exact) mass is 309 g/mol. The van der Waals surface area contributed by atoms with E-state index in [0.29, 0.717) is 18.2 Å². The molecule has 1 N–H and O–H groups in total. The van der Waals surface area contributed by atoms with E-state index in [-0.39, 0.29) is 11.8 Å². The van der Waals surface area contributed by atoms with E-state index in [2.05, 4.69) is 53.4 Å². The van der Waals surface area contributed by atoms with E-state index < -0.39 is 0 Å². The Morgan fingerprint density at radius 1 is 1.30 bits per heavy atom. The fourth-order valence-electron chi connectivity index (χ4n) is 3.19. The summed E-state index contributed by atoms with van der Waals surface area (Å²) in [6.45, 7) is 6.03. The molecule has 23 heavy (non-hydrogen) atoms. The van der Waals surface area contributed by atoms with Gasteiger partial charge in [0.15, 0.2) is 0 Å². The molecule has 1 amide bonds. The first-order valence-electron chi connectivity index (χ1n) is 8.26. The third-order valence-corrected chi connectivity index (χ3v) is 4.34. The van der Waals surface area contributed by atoms with Crippen LogP contribution in [0.4, 0.5) is 5.82 Å². The van der Waals surface area contributed by atoms with Crippen molar-refractivity contribution in [3.8, 4) is 0 Å². The highest BCUT2D eigenvalue weighted by Crippen LogP contribution is 2.35. The van der Waals surface area contributed by atoms with Crippen LogP contribution < -0.4 is 5.32 Å². The van der Waals surface area contributed by atoms with E-state index in [1.54, 1.807) is 0 Å². The second-order valence-corrected chi connectivity index (χ2v) is 6.59. The molecule has 0 bridgehead atoms. The summed E-state index contributed by atoms with van der Waals surface area (Å²) in [5.41, 5.74) is 3.58. The minimum atomic E-state index is 0.0273. The molecule has 1 aliphatic rings.